The molecule has 120 valence electrons. The van der Waals surface area contributed by atoms with Gasteiger partial charge in [-0.25, -0.2) is 9.50 Å². The van der Waals surface area contributed by atoms with Gasteiger partial charge in [0.15, 0.2) is 5.82 Å². The second-order valence-corrected chi connectivity index (χ2v) is 7.76. The third-order valence-electron chi connectivity index (χ3n) is 4.34. The van der Waals surface area contributed by atoms with Crippen LogP contribution in [0.15, 0.2) is 18.5 Å². The van der Waals surface area contributed by atoms with Crippen LogP contribution in [0.5, 0.6) is 0 Å². The molecule has 0 aromatic carbocycles. The van der Waals surface area contributed by atoms with Crippen molar-refractivity contribution in [1.82, 2.24) is 29.8 Å². The fourth-order valence-corrected chi connectivity index (χ4v) is 3.78. The second-order valence-electron chi connectivity index (χ2n) is 7.76. The number of piperidine rings is 1. The summed E-state index contributed by atoms with van der Waals surface area (Å²) in [4.78, 5) is 11.1. The highest BCUT2D eigenvalue weighted by molar-refractivity contribution is 5.24. The highest BCUT2D eigenvalue weighted by atomic mass is 15.3. The predicted octanol–water partition coefficient (Wildman–Crippen LogP) is 1.87. The molecule has 0 spiro atoms. The van der Waals surface area contributed by atoms with Crippen molar-refractivity contribution in [2.24, 2.45) is 0 Å². The summed E-state index contributed by atoms with van der Waals surface area (Å²) in [6.07, 6.45) is 5.88. The Labute approximate surface area is 131 Å². The topological polar surface area (TPSA) is 58.4 Å². The fourth-order valence-electron chi connectivity index (χ4n) is 3.78. The quantitative estimate of drug-likeness (QED) is 0.938. The monoisotopic (exact) mass is 302 g/mol. The maximum absolute atomic E-state index is 4.51. The number of nitrogens with zero attached hydrogens (tertiary/aromatic N) is 5. The van der Waals surface area contributed by atoms with E-state index >= 15 is 0 Å². The lowest BCUT2D eigenvalue weighted by atomic mass is 9.79. The van der Waals surface area contributed by atoms with E-state index in [0.717, 1.165) is 25.2 Å². The summed E-state index contributed by atoms with van der Waals surface area (Å²) in [7, 11) is 2.17. The largest absolute Gasteiger partial charge is 0.307 e. The molecular weight excluding hydrogens is 276 g/mol. The first-order valence-corrected chi connectivity index (χ1v) is 7.90. The Hall–Kier alpha value is -1.53. The average Bonchev–Trinajstić information content (AvgIpc) is 2.77. The molecule has 1 N–H and O–H groups in total. The number of fused-ring (bicyclic) bond motifs is 1. The molecular formula is C16H26N6. The van der Waals surface area contributed by atoms with Crippen LogP contribution < -0.4 is 5.32 Å². The summed E-state index contributed by atoms with van der Waals surface area (Å²) >= 11 is 0. The van der Waals surface area contributed by atoms with Crippen LogP contribution in [-0.4, -0.2) is 48.6 Å². The lowest BCUT2D eigenvalue weighted by molar-refractivity contribution is 0.0763. The van der Waals surface area contributed by atoms with Gasteiger partial charge in [0, 0.05) is 29.5 Å². The van der Waals surface area contributed by atoms with Crippen LogP contribution in [0.25, 0.3) is 5.78 Å². The van der Waals surface area contributed by atoms with Crippen molar-refractivity contribution < 1.29 is 0 Å². The van der Waals surface area contributed by atoms with E-state index in [0.29, 0.717) is 11.8 Å². The standard InChI is InChI=1S/C16H26N6/c1-15(2)9-12(10-16(3,4)20-15)21(5)11-13-18-14-17-7-6-8-22(14)19-13/h6-8,12,20H,9-11H2,1-5H3. The maximum atomic E-state index is 4.51. The lowest BCUT2D eigenvalue weighted by Crippen LogP contribution is -2.61. The van der Waals surface area contributed by atoms with Gasteiger partial charge >= 0.3 is 0 Å². The van der Waals surface area contributed by atoms with E-state index in [1.165, 1.54) is 0 Å². The number of hydrogen-bond donors (Lipinski definition) is 1. The van der Waals surface area contributed by atoms with Crippen molar-refractivity contribution in [3.05, 3.63) is 24.3 Å². The Balaban J connectivity index is 1.74. The average molecular weight is 302 g/mol. The van der Waals surface area contributed by atoms with Gasteiger partial charge < -0.3 is 5.32 Å². The Morgan fingerprint density at radius 1 is 1.27 bits per heavy atom. The predicted molar refractivity (Wildman–Crippen MR) is 86.6 cm³/mol. The highest BCUT2D eigenvalue weighted by Crippen LogP contribution is 2.31. The summed E-state index contributed by atoms with van der Waals surface area (Å²) in [5.41, 5.74) is 0.295. The molecule has 2 aromatic rings. The van der Waals surface area contributed by atoms with Gasteiger partial charge in [0.1, 0.15) is 0 Å². The smallest absolute Gasteiger partial charge is 0.252 e. The number of nitrogens with one attached hydrogen (secondary N) is 1. The third-order valence-corrected chi connectivity index (χ3v) is 4.34. The van der Waals surface area contributed by atoms with Crippen LogP contribution in [0.4, 0.5) is 0 Å². The van der Waals surface area contributed by atoms with Crippen LogP contribution in [0.3, 0.4) is 0 Å². The summed E-state index contributed by atoms with van der Waals surface area (Å²) in [5.74, 6) is 1.49. The Morgan fingerprint density at radius 2 is 1.95 bits per heavy atom. The second kappa shape index (κ2) is 5.28. The van der Waals surface area contributed by atoms with E-state index in [-0.39, 0.29) is 11.1 Å². The minimum atomic E-state index is 0.147. The molecule has 0 amide bonds. The molecule has 0 radical (unpaired) electrons. The van der Waals surface area contributed by atoms with Gasteiger partial charge in [0.25, 0.3) is 5.78 Å². The van der Waals surface area contributed by atoms with Crippen molar-refractivity contribution in [1.29, 1.82) is 0 Å². The molecule has 3 rings (SSSR count). The molecule has 0 atom stereocenters. The number of rotatable bonds is 3. The maximum Gasteiger partial charge on any atom is 0.252 e. The Kier molecular flexibility index (Phi) is 3.69. The van der Waals surface area contributed by atoms with Gasteiger partial charge in [-0.1, -0.05) is 0 Å². The zero-order valence-electron chi connectivity index (χ0n) is 14.2. The van der Waals surface area contributed by atoms with E-state index in [4.69, 9.17) is 0 Å². The van der Waals surface area contributed by atoms with Crippen molar-refractivity contribution in [2.75, 3.05) is 7.05 Å². The van der Waals surface area contributed by atoms with Crippen LogP contribution in [0, 0.1) is 0 Å². The number of aromatic nitrogens is 4. The molecule has 0 saturated carbocycles. The zero-order valence-corrected chi connectivity index (χ0v) is 14.2. The Bertz CT molecular complexity index is 610. The molecule has 0 bridgehead atoms. The highest BCUT2D eigenvalue weighted by Gasteiger charge is 2.39. The first-order chi connectivity index (χ1) is 10.2. The normalized spacial score (nSPS) is 21.5. The van der Waals surface area contributed by atoms with Crippen LogP contribution in [0.2, 0.25) is 0 Å². The molecule has 1 fully saturated rings. The van der Waals surface area contributed by atoms with Gasteiger partial charge in [-0.2, -0.15) is 4.98 Å². The minimum Gasteiger partial charge on any atom is -0.307 e. The Morgan fingerprint density at radius 3 is 2.59 bits per heavy atom. The van der Waals surface area contributed by atoms with Crippen molar-refractivity contribution in [3.8, 4) is 0 Å². The molecule has 0 unspecified atom stereocenters. The molecule has 1 aliphatic heterocycles. The molecule has 22 heavy (non-hydrogen) atoms. The molecule has 1 saturated heterocycles. The summed E-state index contributed by atoms with van der Waals surface area (Å²) in [5, 5.41) is 8.24. The van der Waals surface area contributed by atoms with Gasteiger partial charge in [-0.3, -0.25) is 4.90 Å². The van der Waals surface area contributed by atoms with E-state index in [2.05, 4.69) is 60.0 Å². The van der Waals surface area contributed by atoms with Crippen LogP contribution >= 0.6 is 0 Å². The summed E-state index contributed by atoms with van der Waals surface area (Å²) in [6, 6.07) is 2.39. The van der Waals surface area contributed by atoms with E-state index in [1.54, 1.807) is 10.7 Å². The van der Waals surface area contributed by atoms with Gasteiger partial charge in [0.05, 0.1) is 6.54 Å². The third kappa shape index (κ3) is 3.28. The molecule has 6 nitrogen and oxygen atoms in total. The van der Waals surface area contributed by atoms with Crippen molar-refractivity contribution >= 4 is 5.78 Å². The number of hydrogen-bond acceptors (Lipinski definition) is 5. The van der Waals surface area contributed by atoms with Gasteiger partial charge in [0.2, 0.25) is 0 Å². The molecule has 0 aliphatic carbocycles. The van der Waals surface area contributed by atoms with Gasteiger partial charge in [-0.05, 0) is 53.7 Å². The van der Waals surface area contributed by atoms with E-state index in [1.807, 2.05) is 12.3 Å². The molecule has 6 heteroatoms. The summed E-state index contributed by atoms with van der Waals surface area (Å²) < 4.78 is 1.74. The fraction of sp³-hybridized carbons (Fsp3) is 0.688. The van der Waals surface area contributed by atoms with Crippen LogP contribution in [-0.2, 0) is 6.54 Å². The molecule has 3 heterocycles. The first kappa shape index (κ1) is 15.4. The van der Waals surface area contributed by atoms with Crippen molar-refractivity contribution in [3.63, 3.8) is 0 Å². The molecule has 2 aromatic heterocycles. The van der Waals surface area contributed by atoms with E-state index < -0.39 is 0 Å². The van der Waals surface area contributed by atoms with Crippen LogP contribution in [0.1, 0.15) is 46.4 Å². The molecule has 1 aliphatic rings. The van der Waals surface area contributed by atoms with Gasteiger partial charge in [-0.15, -0.1) is 5.10 Å². The van der Waals surface area contributed by atoms with E-state index in [9.17, 15) is 0 Å². The minimum absolute atomic E-state index is 0.147. The lowest BCUT2D eigenvalue weighted by Gasteiger charge is -2.48. The summed E-state index contributed by atoms with van der Waals surface area (Å²) in [6.45, 7) is 9.87. The zero-order chi connectivity index (χ0) is 16.0. The van der Waals surface area contributed by atoms with Crippen molar-refractivity contribution in [2.45, 2.75) is 64.2 Å². The first-order valence-electron chi connectivity index (χ1n) is 7.90. The SMILES string of the molecule is CN(Cc1nc2ncccn2n1)C1CC(C)(C)NC(C)(C)C1.